The van der Waals surface area contributed by atoms with Crippen LogP contribution in [0.25, 0.3) is 0 Å². The van der Waals surface area contributed by atoms with E-state index in [1.807, 2.05) is 12.5 Å². The topological polar surface area (TPSA) is 56.7 Å². The third kappa shape index (κ3) is 1.73. The normalized spacial score (nSPS) is 10.2. The van der Waals surface area contributed by atoms with Gasteiger partial charge in [-0.25, -0.2) is 4.57 Å². The van der Waals surface area contributed by atoms with Crippen molar-refractivity contribution in [2.24, 2.45) is 0 Å². The molecule has 1 aromatic rings. The smallest absolute Gasteiger partial charge is 0.228 e. The number of nitrogens with two attached hydrogens (primary N) is 1. The van der Waals surface area contributed by atoms with Gasteiger partial charge in [0.2, 0.25) is 5.95 Å². The van der Waals surface area contributed by atoms with Crippen LogP contribution in [-0.2, 0) is 0 Å². The van der Waals surface area contributed by atoms with Gasteiger partial charge < -0.3 is 5.73 Å². The molecule has 0 unspecified atom stereocenters. The SMILES string of the molecule is CSC(=S)n1c(N)nnc1SC. The number of hydrogen-bond acceptors (Lipinski definition) is 6. The van der Waals surface area contributed by atoms with Crippen LogP contribution in [0.1, 0.15) is 0 Å². The molecule has 2 N–H and O–H groups in total. The highest BCUT2D eigenvalue weighted by Crippen LogP contribution is 2.17. The zero-order chi connectivity index (χ0) is 9.14. The molecular weight excluding hydrogens is 212 g/mol. The van der Waals surface area contributed by atoms with Crippen LogP contribution in [-0.4, -0.2) is 31.6 Å². The van der Waals surface area contributed by atoms with Gasteiger partial charge >= 0.3 is 0 Å². The molecule has 0 amide bonds. The average Bonchev–Trinajstić information content (AvgIpc) is 2.45. The number of nitrogen functional groups attached to an aromatic ring is 1. The summed E-state index contributed by atoms with van der Waals surface area (Å²) >= 11 is 7.99. The molecule has 0 aliphatic heterocycles. The summed E-state index contributed by atoms with van der Waals surface area (Å²) < 4.78 is 2.33. The minimum Gasteiger partial charge on any atom is -0.368 e. The van der Waals surface area contributed by atoms with Crippen LogP contribution in [0.5, 0.6) is 0 Å². The monoisotopic (exact) mass is 220 g/mol. The molecule has 1 aromatic heterocycles. The molecule has 0 saturated carbocycles. The van der Waals surface area contributed by atoms with E-state index in [4.69, 9.17) is 18.0 Å². The Morgan fingerprint density at radius 1 is 1.50 bits per heavy atom. The van der Waals surface area contributed by atoms with E-state index in [-0.39, 0.29) is 0 Å². The number of aromatic nitrogens is 3. The van der Waals surface area contributed by atoms with Gasteiger partial charge in [-0.1, -0.05) is 35.7 Å². The van der Waals surface area contributed by atoms with Gasteiger partial charge in [0.1, 0.15) is 4.32 Å². The van der Waals surface area contributed by atoms with Crippen LogP contribution in [0.4, 0.5) is 5.95 Å². The predicted octanol–water partition coefficient (Wildman–Crippen LogP) is 1.08. The van der Waals surface area contributed by atoms with Gasteiger partial charge in [0, 0.05) is 0 Å². The van der Waals surface area contributed by atoms with Crippen molar-refractivity contribution in [2.45, 2.75) is 5.16 Å². The van der Waals surface area contributed by atoms with Crippen LogP contribution in [0.15, 0.2) is 5.16 Å². The quantitative estimate of drug-likeness (QED) is 0.564. The molecular formula is C5H8N4S3. The molecule has 4 nitrogen and oxygen atoms in total. The van der Waals surface area contributed by atoms with Crippen LogP contribution < -0.4 is 5.73 Å². The van der Waals surface area contributed by atoms with Crippen molar-refractivity contribution in [1.82, 2.24) is 14.8 Å². The number of hydrogen-bond donors (Lipinski definition) is 1. The number of nitrogens with zero attached hydrogens (tertiary/aromatic N) is 3. The van der Waals surface area contributed by atoms with Crippen LogP contribution >= 0.6 is 35.7 Å². The first-order valence-electron chi connectivity index (χ1n) is 3.04. The van der Waals surface area contributed by atoms with Gasteiger partial charge in [-0.2, -0.15) is 0 Å². The lowest BCUT2D eigenvalue weighted by molar-refractivity contribution is 0.937. The molecule has 7 heteroatoms. The molecule has 0 fully saturated rings. The predicted molar refractivity (Wildman–Crippen MR) is 57.7 cm³/mol. The van der Waals surface area contributed by atoms with Crippen molar-refractivity contribution in [3.63, 3.8) is 0 Å². The Morgan fingerprint density at radius 3 is 2.67 bits per heavy atom. The highest BCUT2D eigenvalue weighted by Gasteiger charge is 2.11. The largest absolute Gasteiger partial charge is 0.368 e. The summed E-state index contributed by atoms with van der Waals surface area (Å²) in [6, 6.07) is 0. The molecule has 0 aliphatic rings. The lowest BCUT2D eigenvalue weighted by Gasteiger charge is -2.03. The second kappa shape index (κ2) is 4.11. The van der Waals surface area contributed by atoms with Crippen molar-refractivity contribution in [3.05, 3.63) is 0 Å². The molecule has 1 heterocycles. The minimum atomic E-state index is 0.346. The number of thioether (sulfide) groups is 2. The summed E-state index contributed by atoms with van der Waals surface area (Å²) in [5.41, 5.74) is 5.57. The fourth-order valence-electron chi connectivity index (χ4n) is 0.676. The molecule has 0 atom stereocenters. The van der Waals surface area contributed by atoms with Gasteiger partial charge in [0.05, 0.1) is 0 Å². The summed E-state index contributed by atoms with van der Waals surface area (Å²) in [5, 5.41) is 8.31. The Morgan fingerprint density at radius 2 is 2.17 bits per heavy atom. The zero-order valence-corrected chi connectivity index (χ0v) is 9.09. The van der Waals surface area contributed by atoms with Gasteiger partial charge in [0.15, 0.2) is 5.16 Å². The van der Waals surface area contributed by atoms with Gasteiger partial charge in [-0.15, -0.1) is 10.2 Å². The molecule has 0 aliphatic carbocycles. The third-order valence-electron chi connectivity index (χ3n) is 1.20. The maximum Gasteiger partial charge on any atom is 0.228 e. The highest BCUT2D eigenvalue weighted by molar-refractivity contribution is 8.22. The minimum absolute atomic E-state index is 0.346. The van der Waals surface area contributed by atoms with E-state index in [1.54, 1.807) is 4.57 Å². The van der Waals surface area contributed by atoms with Gasteiger partial charge in [-0.3, -0.25) is 0 Å². The molecule has 0 radical (unpaired) electrons. The van der Waals surface area contributed by atoms with E-state index in [1.165, 1.54) is 23.5 Å². The number of thiocarbonyl (C=S) groups is 1. The highest BCUT2D eigenvalue weighted by atomic mass is 32.2. The molecule has 0 spiro atoms. The first-order chi connectivity index (χ1) is 5.70. The summed E-state index contributed by atoms with van der Waals surface area (Å²) in [6.45, 7) is 0. The third-order valence-corrected chi connectivity index (χ3v) is 3.04. The standard InChI is InChI=1S/C5H8N4S3/c1-11-4-8-7-3(6)9(4)5(10)12-2/h1-2H3,(H2,6,7). The van der Waals surface area contributed by atoms with Crippen molar-refractivity contribution in [1.29, 1.82) is 0 Å². The first-order valence-corrected chi connectivity index (χ1v) is 5.89. The molecule has 0 bridgehead atoms. The van der Waals surface area contributed by atoms with Crippen LogP contribution in [0.2, 0.25) is 0 Å². The maximum atomic E-state index is 5.57. The van der Waals surface area contributed by atoms with Gasteiger partial charge in [-0.05, 0) is 12.5 Å². The fraction of sp³-hybridized carbons (Fsp3) is 0.400. The van der Waals surface area contributed by atoms with Crippen molar-refractivity contribution in [2.75, 3.05) is 18.2 Å². The Bertz CT molecular complexity index is 295. The Kier molecular flexibility index (Phi) is 3.36. The van der Waals surface area contributed by atoms with E-state index in [2.05, 4.69) is 10.2 Å². The van der Waals surface area contributed by atoms with E-state index in [9.17, 15) is 0 Å². The number of rotatable bonds is 1. The van der Waals surface area contributed by atoms with Gasteiger partial charge in [0.25, 0.3) is 0 Å². The van der Waals surface area contributed by atoms with Crippen LogP contribution in [0, 0.1) is 0 Å². The second-order valence-corrected chi connectivity index (χ2v) is 4.06. The Labute approximate surface area is 84.3 Å². The summed E-state index contributed by atoms with van der Waals surface area (Å²) in [4.78, 5) is 0. The summed E-state index contributed by atoms with van der Waals surface area (Å²) in [6.07, 6.45) is 3.80. The van der Waals surface area contributed by atoms with E-state index >= 15 is 0 Å². The summed E-state index contributed by atoms with van der Waals surface area (Å²) in [7, 11) is 0. The van der Waals surface area contributed by atoms with E-state index < -0.39 is 0 Å². The maximum absolute atomic E-state index is 5.57. The van der Waals surface area contributed by atoms with Crippen molar-refractivity contribution < 1.29 is 0 Å². The molecule has 66 valence electrons. The second-order valence-electron chi connectivity index (χ2n) is 1.85. The summed E-state index contributed by atoms with van der Waals surface area (Å²) in [5.74, 6) is 0.346. The van der Waals surface area contributed by atoms with Crippen molar-refractivity contribution >= 4 is 46.0 Å². The molecule has 0 saturated heterocycles. The molecule has 0 aromatic carbocycles. The Balaban J connectivity index is 3.10. The lowest BCUT2D eigenvalue weighted by atomic mass is 11.0. The Hall–Kier alpha value is -0.270. The van der Waals surface area contributed by atoms with E-state index in [0.29, 0.717) is 10.3 Å². The number of anilines is 1. The van der Waals surface area contributed by atoms with Crippen LogP contribution in [0.3, 0.4) is 0 Å². The zero-order valence-electron chi connectivity index (χ0n) is 6.64. The van der Waals surface area contributed by atoms with E-state index in [0.717, 1.165) is 5.16 Å². The first kappa shape index (κ1) is 9.82. The molecule has 1 rings (SSSR count). The average molecular weight is 220 g/mol. The van der Waals surface area contributed by atoms with Crippen molar-refractivity contribution in [3.8, 4) is 0 Å². The lowest BCUT2D eigenvalue weighted by Crippen LogP contribution is -2.09. The molecule has 12 heavy (non-hydrogen) atoms. The fourth-order valence-corrected chi connectivity index (χ4v) is 1.82.